The van der Waals surface area contributed by atoms with Crippen molar-refractivity contribution in [3.05, 3.63) is 29.1 Å². The van der Waals surface area contributed by atoms with Crippen molar-refractivity contribution >= 4 is 0 Å². The van der Waals surface area contributed by atoms with E-state index in [1.165, 1.54) is 14.2 Å². The van der Waals surface area contributed by atoms with Gasteiger partial charge >= 0.3 is 0 Å². The first kappa shape index (κ1) is 13.1. The molecule has 2 N–H and O–H groups in total. The number of aliphatic hydroxyl groups excluding tert-OH is 2. The topological polar surface area (TPSA) is 71.8 Å². The number of aromatic nitrogens is 1. The van der Waals surface area contributed by atoms with Crippen LogP contribution in [0.3, 0.4) is 0 Å². The second-order valence-electron chi connectivity index (χ2n) is 3.42. The van der Waals surface area contributed by atoms with Gasteiger partial charge in [-0.3, -0.25) is 0 Å². The fraction of sp³-hybridized carbons (Fsp3) is 0.545. The minimum absolute atomic E-state index is 0.155. The summed E-state index contributed by atoms with van der Waals surface area (Å²) < 4.78 is 10.1. The molecule has 0 saturated carbocycles. The van der Waals surface area contributed by atoms with Crippen LogP contribution in [-0.2, 0) is 16.1 Å². The summed E-state index contributed by atoms with van der Waals surface area (Å²) in [5.74, 6) is 0. The molecular formula is C11H17NO4. The summed E-state index contributed by atoms with van der Waals surface area (Å²) in [6.07, 6.45) is -1.30. The van der Waals surface area contributed by atoms with E-state index < -0.39 is 12.4 Å². The Morgan fingerprint density at radius 1 is 1.31 bits per heavy atom. The SMILES string of the molecule is COC(OC)c1ccc(CO)c(C(C)O)n1. The van der Waals surface area contributed by atoms with E-state index in [1.54, 1.807) is 19.1 Å². The quantitative estimate of drug-likeness (QED) is 0.732. The average Bonchev–Trinajstić information content (AvgIpc) is 2.30. The van der Waals surface area contributed by atoms with Gasteiger partial charge in [-0.2, -0.15) is 0 Å². The molecule has 0 radical (unpaired) electrons. The molecule has 0 aliphatic rings. The van der Waals surface area contributed by atoms with Gasteiger partial charge in [0, 0.05) is 19.8 Å². The molecule has 1 unspecified atom stereocenters. The fourth-order valence-corrected chi connectivity index (χ4v) is 1.48. The van der Waals surface area contributed by atoms with E-state index in [1.807, 2.05) is 0 Å². The Kier molecular flexibility index (Phi) is 4.82. The number of nitrogens with zero attached hydrogens (tertiary/aromatic N) is 1. The molecule has 0 aliphatic carbocycles. The Morgan fingerprint density at radius 3 is 2.38 bits per heavy atom. The van der Waals surface area contributed by atoms with Crippen molar-refractivity contribution in [2.24, 2.45) is 0 Å². The molecule has 5 nitrogen and oxygen atoms in total. The van der Waals surface area contributed by atoms with Crippen molar-refractivity contribution in [2.45, 2.75) is 25.9 Å². The van der Waals surface area contributed by atoms with Gasteiger partial charge in [0.15, 0.2) is 0 Å². The van der Waals surface area contributed by atoms with Gasteiger partial charge in [-0.1, -0.05) is 6.07 Å². The lowest BCUT2D eigenvalue weighted by Gasteiger charge is -2.16. The van der Waals surface area contributed by atoms with Gasteiger partial charge < -0.3 is 19.7 Å². The molecule has 0 aliphatic heterocycles. The highest BCUT2D eigenvalue weighted by molar-refractivity contribution is 5.24. The van der Waals surface area contributed by atoms with Gasteiger partial charge in [0.25, 0.3) is 0 Å². The van der Waals surface area contributed by atoms with Crippen LogP contribution in [0.1, 0.15) is 36.3 Å². The summed E-state index contributed by atoms with van der Waals surface area (Å²) in [5.41, 5.74) is 1.61. The first-order valence-electron chi connectivity index (χ1n) is 4.98. The van der Waals surface area contributed by atoms with Gasteiger partial charge in [-0.25, -0.2) is 4.98 Å². The van der Waals surface area contributed by atoms with Crippen LogP contribution in [0.25, 0.3) is 0 Å². The van der Waals surface area contributed by atoms with Crippen LogP contribution in [0.4, 0.5) is 0 Å². The smallest absolute Gasteiger partial charge is 0.200 e. The third-order valence-electron chi connectivity index (χ3n) is 2.27. The van der Waals surface area contributed by atoms with Crippen LogP contribution >= 0.6 is 0 Å². The average molecular weight is 227 g/mol. The normalized spacial score (nSPS) is 13.1. The second kappa shape index (κ2) is 5.91. The van der Waals surface area contributed by atoms with Crippen molar-refractivity contribution in [1.29, 1.82) is 0 Å². The molecule has 5 heteroatoms. The number of hydrogen-bond acceptors (Lipinski definition) is 5. The maximum absolute atomic E-state index is 9.53. The zero-order chi connectivity index (χ0) is 12.1. The highest BCUT2D eigenvalue weighted by Gasteiger charge is 2.15. The van der Waals surface area contributed by atoms with Crippen molar-refractivity contribution in [3.8, 4) is 0 Å². The van der Waals surface area contributed by atoms with Gasteiger partial charge in [0.2, 0.25) is 6.29 Å². The molecule has 1 aromatic heterocycles. The summed E-state index contributed by atoms with van der Waals surface area (Å²) in [5, 5.41) is 18.6. The largest absolute Gasteiger partial charge is 0.392 e. The summed E-state index contributed by atoms with van der Waals surface area (Å²) >= 11 is 0. The van der Waals surface area contributed by atoms with Gasteiger partial charge in [-0.15, -0.1) is 0 Å². The van der Waals surface area contributed by atoms with E-state index >= 15 is 0 Å². The number of ether oxygens (including phenoxy) is 2. The third-order valence-corrected chi connectivity index (χ3v) is 2.27. The lowest BCUT2D eigenvalue weighted by molar-refractivity contribution is -0.108. The zero-order valence-corrected chi connectivity index (χ0v) is 9.67. The van der Waals surface area contributed by atoms with Crippen LogP contribution in [0.5, 0.6) is 0 Å². The maximum atomic E-state index is 9.53. The van der Waals surface area contributed by atoms with E-state index in [-0.39, 0.29) is 6.61 Å². The van der Waals surface area contributed by atoms with Crippen molar-refractivity contribution < 1.29 is 19.7 Å². The maximum Gasteiger partial charge on any atom is 0.200 e. The first-order chi connectivity index (χ1) is 7.63. The molecule has 1 atom stereocenters. The van der Waals surface area contributed by atoms with Crippen LogP contribution in [0, 0.1) is 0 Å². The molecule has 16 heavy (non-hydrogen) atoms. The van der Waals surface area contributed by atoms with Crippen molar-refractivity contribution in [3.63, 3.8) is 0 Å². The Bertz CT molecular complexity index is 337. The van der Waals surface area contributed by atoms with Crippen LogP contribution in [-0.4, -0.2) is 29.4 Å². The standard InChI is InChI=1S/C11H17NO4/c1-7(14)10-8(6-13)4-5-9(12-10)11(15-2)16-3/h4-5,7,11,13-14H,6H2,1-3H3. The number of pyridine rings is 1. The van der Waals surface area contributed by atoms with Gasteiger partial charge in [-0.05, 0) is 13.0 Å². The molecule has 0 saturated heterocycles. The minimum Gasteiger partial charge on any atom is -0.392 e. The Morgan fingerprint density at radius 2 is 1.94 bits per heavy atom. The highest BCUT2D eigenvalue weighted by Crippen LogP contribution is 2.21. The summed E-state index contributed by atoms with van der Waals surface area (Å²) in [6.45, 7) is 1.44. The zero-order valence-electron chi connectivity index (χ0n) is 9.67. The van der Waals surface area contributed by atoms with Crippen molar-refractivity contribution in [1.82, 2.24) is 4.98 Å². The van der Waals surface area contributed by atoms with Crippen molar-refractivity contribution in [2.75, 3.05) is 14.2 Å². The molecule has 0 amide bonds. The van der Waals surface area contributed by atoms with E-state index in [0.29, 0.717) is 17.0 Å². The molecule has 1 rings (SSSR count). The first-order valence-corrected chi connectivity index (χ1v) is 4.98. The number of aliphatic hydroxyl groups is 2. The minimum atomic E-state index is -0.739. The second-order valence-corrected chi connectivity index (χ2v) is 3.42. The predicted molar refractivity (Wildman–Crippen MR) is 57.6 cm³/mol. The molecule has 1 heterocycles. The summed E-state index contributed by atoms with van der Waals surface area (Å²) in [7, 11) is 3.02. The predicted octanol–water partition coefficient (Wildman–Crippen LogP) is 0.919. The Hall–Kier alpha value is -1.01. The number of rotatable bonds is 5. The molecule has 0 spiro atoms. The van der Waals surface area contributed by atoms with Crippen LogP contribution in [0.15, 0.2) is 12.1 Å². The molecule has 0 bridgehead atoms. The van der Waals surface area contributed by atoms with Crippen LogP contribution < -0.4 is 0 Å². The third kappa shape index (κ3) is 2.76. The molecular weight excluding hydrogens is 210 g/mol. The van der Waals surface area contributed by atoms with Gasteiger partial charge in [0.05, 0.1) is 24.1 Å². The molecule has 90 valence electrons. The van der Waals surface area contributed by atoms with E-state index in [4.69, 9.17) is 14.6 Å². The van der Waals surface area contributed by atoms with E-state index in [9.17, 15) is 5.11 Å². The molecule has 0 aromatic carbocycles. The number of methoxy groups -OCH3 is 2. The summed E-state index contributed by atoms with van der Waals surface area (Å²) in [4.78, 5) is 4.23. The number of hydrogen-bond donors (Lipinski definition) is 2. The lowest BCUT2D eigenvalue weighted by atomic mass is 10.1. The fourth-order valence-electron chi connectivity index (χ4n) is 1.48. The van der Waals surface area contributed by atoms with E-state index in [0.717, 1.165) is 0 Å². The Balaban J connectivity index is 3.10. The highest BCUT2D eigenvalue weighted by atomic mass is 16.7. The molecule has 1 aromatic rings. The lowest BCUT2D eigenvalue weighted by Crippen LogP contribution is -2.10. The monoisotopic (exact) mass is 227 g/mol. The van der Waals surface area contributed by atoms with Crippen LogP contribution in [0.2, 0.25) is 0 Å². The molecule has 0 fully saturated rings. The van der Waals surface area contributed by atoms with Gasteiger partial charge in [0.1, 0.15) is 0 Å². The Labute approximate surface area is 94.7 Å². The van der Waals surface area contributed by atoms with E-state index in [2.05, 4.69) is 4.98 Å². The summed E-state index contributed by atoms with van der Waals surface area (Å²) in [6, 6.07) is 3.41.